The van der Waals surface area contributed by atoms with Crippen LogP contribution >= 0.6 is 0 Å². The van der Waals surface area contributed by atoms with Crippen LogP contribution in [0.4, 0.5) is 11.4 Å². The molecule has 2 aromatic heterocycles. The zero-order valence-electron chi connectivity index (χ0n) is 52.9. The number of carbonyl (C=O) groups excluding carboxylic acids is 4. The smallest absolute Gasteiger partial charge is 0.330 e. The number of amides is 1. The highest BCUT2D eigenvalue weighted by atomic mass is 16.5. The fourth-order valence-electron chi connectivity index (χ4n) is 9.16. The number of carboxylic acids is 1. The van der Waals surface area contributed by atoms with Crippen LogP contribution in [0.15, 0.2) is 261 Å². The van der Waals surface area contributed by atoms with Gasteiger partial charge in [0.25, 0.3) is 0 Å². The molecule has 2 heterocycles. The number of carboxylic acid groups (broad SMARTS) is 1. The Kier molecular flexibility index (Phi) is 30.9. The number of nitrogens with one attached hydrogen (secondary N) is 2. The Balaban J connectivity index is 0.000000202. The molecule has 0 aliphatic carbocycles. The van der Waals surface area contributed by atoms with E-state index in [1.165, 1.54) is 42.4 Å². The molecule has 0 radical (unpaired) electrons. The number of Topliss-reactive ketones (excluding diaryl/α,β-unsaturated/α-hetero) is 1. The van der Waals surface area contributed by atoms with Crippen LogP contribution in [0.3, 0.4) is 0 Å². The predicted molar refractivity (Wildman–Crippen MR) is 367 cm³/mol. The summed E-state index contributed by atoms with van der Waals surface area (Å²) in [5.41, 5.74) is 11.4. The van der Waals surface area contributed by atoms with Crippen LogP contribution in [-0.2, 0) is 28.7 Å². The summed E-state index contributed by atoms with van der Waals surface area (Å²) >= 11 is 0. The van der Waals surface area contributed by atoms with E-state index in [4.69, 9.17) is 5.11 Å². The lowest BCUT2D eigenvalue weighted by Gasteiger charge is -2.13. The number of allylic oxidation sites excluding steroid dienone is 1. The molecule has 0 spiro atoms. The zero-order chi connectivity index (χ0) is 64.9. The number of fused-ring (bicyclic) bond motifs is 2. The van der Waals surface area contributed by atoms with Gasteiger partial charge in [-0.1, -0.05) is 246 Å². The third kappa shape index (κ3) is 26.3. The van der Waals surface area contributed by atoms with Crippen molar-refractivity contribution in [3.8, 4) is 0 Å². The van der Waals surface area contributed by atoms with E-state index in [9.17, 15) is 24.0 Å². The number of esters is 2. The molecule has 0 aliphatic rings. The lowest BCUT2D eigenvalue weighted by atomic mass is 9.97. The van der Waals surface area contributed by atoms with E-state index in [0.717, 1.165) is 63.0 Å². The summed E-state index contributed by atoms with van der Waals surface area (Å²) in [6.45, 7) is 12.7. The van der Waals surface area contributed by atoms with Gasteiger partial charge in [0.1, 0.15) is 0 Å². The van der Waals surface area contributed by atoms with Gasteiger partial charge in [0.05, 0.1) is 61.9 Å². The molecule has 4 unspecified atom stereocenters. The summed E-state index contributed by atoms with van der Waals surface area (Å²) in [5.74, 6) is -0.00725. The average Bonchev–Trinajstić information content (AvgIpc) is 2.37. The maximum Gasteiger partial charge on any atom is 0.330 e. The molecule has 10 aromatic rings. The van der Waals surface area contributed by atoms with Gasteiger partial charge in [-0.2, -0.15) is 0 Å². The zero-order valence-corrected chi connectivity index (χ0v) is 52.9. The highest BCUT2D eigenvalue weighted by Crippen LogP contribution is 2.24. The first-order chi connectivity index (χ1) is 43.5. The number of pyridine rings is 2. The van der Waals surface area contributed by atoms with Gasteiger partial charge in [0.2, 0.25) is 5.91 Å². The number of hydrogen-bond acceptors (Lipinski definition) is 10. The molecule has 3 N–H and O–H groups in total. The van der Waals surface area contributed by atoms with E-state index in [-0.39, 0.29) is 47.8 Å². The molecule has 90 heavy (non-hydrogen) atoms. The molecule has 0 saturated carbocycles. The maximum atomic E-state index is 12.2. The molecule has 12 heteroatoms. The number of ketones is 1. The number of carbonyl (C=O) groups is 5. The van der Waals surface area contributed by atoms with Gasteiger partial charge in [-0.15, -0.1) is 0 Å². The quantitative estimate of drug-likeness (QED) is 0.0424. The van der Waals surface area contributed by atoms with Gasteiger partial charge in [-0.05, 0) is 102 Å². The molecule has 0 saturated heterocycles. The third-order valence-electron chi connectivity index (χ3n) is 14.5. The molecular weight excluding hydrogens is 1120 g/mol. The van der Waals surface area contributed by atoms with E-state index >= 15 is 0 Å². The van der Waals surface area contributed by atoms with Gasteiger partial charge in [0.15, 0.2) is 5.78 Å². The van der Waals surface area contributed by atoms with Gasteiger partial charge in [-0.25, -0.2) is 4.79 Å². The van der Waals surface area contributed by atoms with Gasteiger partial charge < -0.3 is 25.2 Å². The van der Waals surface area contributed by atoms with Gasteiger partial charge >= 0.3 is 17.9 Å². The summed E-state index contributed by atoms with van der Waals surface area (Å²) in [6.07, 6.45) is 7.30. The van der Waals surface area contributed by atoms with E-state index in [2.05, 4.69) is 98.5 Å². The maximum absolute atomic E-state index is 12.2. The van der Waals surface area contributed by atoms with Crippen LogP contribution in [0.25, 0.3) is 27.4 Å². The van der Waals surface area contributed by atoms with E-state index < -0.39 is 5.97 Å². The largest absolute Gasteiger partial charge is 0.481 e. The van der Waals surface area contributed by atoms with Crippen molar-refractivity contribution in [1.29, 1.82) is 0 Å². The number of para-hydroxylation sites is 2. The highest BCUT2D eigenvalue weighted by molar-refractivity contribution is 5.94. The molecular formula is C78H84N4O8. The SMILES string of the molecule is CC(=O)c1ccccc1.CC(CC(=O)Nc1cnc2ccccc2c1)c1ccccc1.CC(CC(=O)O)c1ccccc1.CC(CCNc1cnc2ccccc2c1)c1ccccc1.COC(=O)/C=C(\C)c1ccccc1.COC(=O)CC(C)c1ccccc1. The Morgan fingerprint density at radius 2 is 0.833 bits per heavy atom. The minimum absolute atomic E-state index is 0.00781. The summed E-state index contributed by atoms with van der Waals surface area (Å²) in [6, 6.07) is 79.5. The first kappa shape index (κ1) is 70.4. The average molecular weight is 1210 g/mol. The Bertz CT molecular complexity index is 3760. The predicted octanol–water partition coefficient (Wildman–Crippen LogP) is 18.0. The number of anilines is 2. The third-order valence-corrected chi connectivity index (χ3v) is 14.5. The fourth-order valence-corrected chi connectivity index (χ4v) is 9.16. The summed E-state index contributed by atoms with van der Waals surface area (Å²) < 4.78 is 9.13. The van der Waals surface area contributed by atoms with Crippen molar-refractivity contribution in [3.63, 3.8) is 0 Å². The molecule has 8 aromatic carbocycles. The second-order valence-electron chi connectivity index (χ2n) is 21.6. The Morgan fingerprint density at radius 1 is 0.456 bits per heavy atom. The van der Waals surface area contributed by atoms with Crippen LogP contribution in [0, 0.1) is 0 Å². The van der Waals surface area contributed by atoms with Crippen LogP contribution in [0.1, 0.15) is 129 Å². The van der Waals surface area contributed by atoms with Gasteiger partial charge in [0, 0.05) is 35.4 Å². The minimum atomic E-state index is -0.744. The Hall–Kier alpha value is -10.3. The monoisotopic (exact) mass is 1200 g/mol. The first-order valence-electron chi connectivity index (χ1n) is 30.1. The molecule has 10 rings (SSSR count). The van der Waals surface area contributed by atoms with Crippen molar-refractivity contribution in [3.05, 3.63) is 295 Å². The van der Waals surface area contributed by atoms with Crippen molar-refractivity contribution in [2.45, 2.75) is 90.9 Å². The Labute approximate surface area is 531 Å². The lowest BCUT2D eigenvalue weighted by molar-refractivity contribution is -0.141. The minimum Gasteiger partial charge on any atom is -0.481 e. The summed E-state index contributed by atoms with van der Waals surface area (Å²) in [5, 5.41) is 17.2. The van der Waals surface area contributed by atoms with Crippen LogP contribution in [-0.4, -0.2) is 65.4 Å². The van der Waals surface area contributed by atoms with E-state index in [1.54, 1.807) is 13.1 Å². The highest BCUT2D eigenvalue weighted by Gasteiger charge is 2.13. The number of aromatic nitrogens is 2. The molecule has 0 bridgehead atoms. The molecule has 12 nitrogen and oxygen atoms in total. The van der Waals surface area contributed by atoms with E-state index in [0.29, 0.717) is 18.8 Å². The topological polar surface area (TPSA) is 174 Å². The van der Waals surface area contributed by atoms with Crippen LogP contribution in [0.2, 0.25) is 0 Å². The van der Waals surface area contributed by atoms with Crippen molar-refractivity contribution < 1.29 is 38.6 Å². The molecule has 4 atom stereocenters. The van der Waals surface area contributed by atoms with Crippen molar-refractivity contribution >= 4 is 68.4 Å². The molecule has 464 valence electrons. The summed E-state index contributed by atoms with van der Waals surface area (Å²) in [4.78, 5) is 63.9. The second kappa shape index (κ2) is 39.5. The van der Waals surface area contributed by atoms with Crippen molar-refractivity contribution in [2.24, 2.45) is 0 Å². The standard InChI is InChI=1S/C19H18N2O.C19H20N2.C11H14O2.C11H12O2.C10H12O2.C8H8O/c1-14(15-7-3-2-4-8-15)11-19(22)21-17-12-16-9-5-6-10-18(16)20-13-17;1-15(16-7-3-2-4-8-16)11-12-20-18-13-17-9-5-6-10-19(17)21-14-18;2*1-9(8-11(12)13-2)10-6-4-3-5-7-10;1-8(7-10(11)12)9-5-3-2-4-6-9;1-7(9)8-5-3-2-4-6-8/h2-10,12-14H,11H2,1H3,(H,21,22);2-10,13-15,20H,11-12H2,1H3;3-7,9H,8H2,1-2H3;3-8H,1-2H3;2-6,8H,7H2,1H3,(H,11,12);2-6H,1H3/b;;;9-8+;;. The molecule has 0 fully saturated rings. The lowest BCUT2D eigenvalue weighted by Crippen LogP contribution is -2.14. The van der Waals surface area contributed by atoms with E-state index in [1.807, 2.05) is 215 Å². The number of rotatable bonds is 18. The number of benzene rings is 8. The second-order valence-corrected chi connectivity index (χ2v) is 21.6. The van der Waals surface area contributed by atoms with Crippen molar-refractivity contribution in [2.75, 3.05) is 31.4 Å². The first-order valence-corrected chi connectivity index (χ1v) is 30.1. The van der Waals surface area contributed by atoms with Crippen LogP contribution in [0.5, 0.6) is 0 Å². The number of nitrogens with zero attached hydrogens (tertiary/aromatic N) is 2. The normalized spacial score (nSPS) is 11.7. The Morgan fingerprint density at radius 3 is 1.26 bits per heavy atom. The fraction of sp³-hybridized carbons (Fsp3) is 0.218. The number of ether oxygens (including phenoxy) is 2. The van der Waals surface area contributed by atoms with Crippen molar-refractivity contribution in [1.82, 2.24) is 9.97 Å². The van der Waals surface area contributed by atoms with Crippen LogP contribution < -0.4 is 10.6 Å². The van der Waals surface area contributed by atoms with Gasteiger partial charge in [-0.3, -0.25) is 29.1 Å². The molecule has 1 amide bonds. The number of hydrogen-bond donors (Lipinski definition) is 3. The summed E-state index contributed by atoms with van der Waals surface area (Å²) in [7, 11) is 2.79. The number of aliphatic carboxylic acids is 1. The number of methoxy groups -OCH3 is 2. The molecule has 0 aliphatic heterocycles.